The Balaban J connectivity index is 2.59. The molecule has 0 bridgehead atoms. The smallest absolute Gasteiger partial charge is 0.309 e. The number of ether oxygens (including phenoxy) is 1. The third-order valence-electron chi connectivity index (χ3n) is 2.55. The second-order valence-electron chi connectivity index (χ2n) is 3.94. The monoisotopic (exact) mass is 248 g/mol. The molecule has 0 fully saturated rings. The molecule has 0 unspecified atom stereocenters. The van der Waals surface area contributed by atoms with Crippen LogP contribution in [0.15, 0.2) is 30.3 Å². The number of hydrogen-bond donors (Lipinski definition) is 1. The van der Waals surface area contributed by atoms with Crippen LogP contribution >= 0.6 is 0 Å². The number of carbonyl (C=O) groups is 1. The van der Waals surface area contributed by atoms with Gasteiger partial charge in [0.1, 0.15) is 0 Å². The Morgan fingerprint density at radius 1 is 1.39 bits per heavy atom. The second kappa shape index (κ2) is 8.48. The quantitative estimate of drug-likeness (QED) is 0.754. The van der Waals surface area contributed by atoms with Crippen molar-refractivity contribution in [1.29, 1.82) is 0 Å². The van der Waals surface area contributed by atoms with E-state index in [-0.39, 0.29) is 12.6 Å². The van der Waals surface area contributed by atoms with Crippen molar-refractivity contribution in [2.75, 3.05) is 13.2 Å². The molecular weight excluding hydrogens is 228 g/mol. The number of benzene rings is 1. The first-order valence-electron chi connectivity index (χ1n) is 6.28. The predicted molar refractivity (Wildman–Crippen MR) is 72.1 cm³/mol. The first-order valence-corrected chi connectivity index (χ1v) is 6.28. The number of rotatable bonds is 7. The van der Waals surface area contributed by atoms with Crippen LogP contribution < -0.4 is 0 Å². The van der Waals surface area contributed by atoms with Crippen LogP contribution in [0.1, 0.15) is 30.9 Å². The summed E-state index contributed by atoms with van der Waals surface area (Å²) < 4.78 is 4.85. The van der Waals surface area contributed by atoms with E-state index in [1.807, 2.05) is 36.4 Å². The Labute approximate surface area is 108 Å². The van der Waals surface area contributed by atoms with Gasteiger partial charge in [-0.15, -0.1) is 0 Å². The van der Waals surface area contributed by atoms with Crippen LogP contribution in [0.4, 0.5) is 0 Å². The van der Waals surface area contributed by atoms with Gasteiger partial charge in [0.25, 0.3) is 0 Å². The van der Waals surface area contributed by atoms with E-state index >= 15 is 0 Å². The van der Waals surface area contributed by atoms with Crippen LogP contribution in [0.25, 0.3) is 6.08 Å². The van der Waals surface area contributed by atoms with Gasteiger partial charge in [-0.1, -0.05) is 36.4 Å². The van der Waals surface area contributed by atoms with E-state index in [0.29, 0.717) is 13.0 Å². The lowest BCUT2D eigenvalue weighted by molar-refractivity contribution is -0.142. The minimum Gasteiger partial charge on any atom is -0.466 e. The third kappa shape index (κ3) is 5.15. The summed E-state index contributed by atoms with van der Waals surface area (Å²) in [6.45, 7) is 2.41. The molecule has 0 aliphatic rings. The zero-order valence-corrected chi connectivity index (χ0v) is 10.8. The molecule has 0 saturated carbocycles. The molecule has 0 saturated heterocycles. The standard InChI is InChI=1S/C15H20O3/c1-2-18-15(17)11-5-9-13-7-3-4-8-14(13)10-6-12-16/h3-5,7-9,16H,2,6,10-12H2,1H3. The molecule has 98 valence electrons. The molecule has 0 heterocycles. The zero-order chi connectivity index (χ0) is 13.2. The Bertz CT molecular complexity index is 396. The van der Waals surface area contributed by atoms with E-state index in [9.17, 15) is 4.79 Å². The highest BCUT2D eigenvalue weighted by atomic mass is 16.5. The Morgan fingerprint density at radius 2 is 2.17 bits per heavy atom. The topological polar surface area (TPSA) is 46.5 Å². The first-order chi connectivity index (χ1) is 8.77. The van der Waals surface area contributed by atoms with Gasteiger partial charge < -0.3 is 9.84 Å². The molecule has 1 aromatic rings. The van der Waals surface area contributed by atoms with Crippen LogP contribution in [0.2, 0.25) is 0 Å². The molecule has 1 N–H and O–H groups in total. The van der Waals surface area contributed by atoms with Crippen molar-refractivity contribution < 1.29 is 14.6 Å². The molecule has 0 radical (unpaired) electrons. The molecule has 3 heteroatoms. The molecule has 0 spiro atoms. The number of aliphatic hydroxyl groups excluding tert-OH is 1. The number of aliphatic hydroxyl groups is 1. The minimum absolute atomic E-state index is 0.195. The van der Waals surface area contributed by atoms with Gasteiger partial charge in [-0.25, -0.2) is 0 Å². The minimum atomic E-state index is -0.207. The average Bonchev–Trinajstić information content (AvgIpc) is 2.38. The van der Waals surface area contributed by atoms with E-state index in [4.69, 9.17) is 9.84 Å². The Kier molecular flexibility index (Phi) is 6.81. The van der Waals surface area contributed by atoms with Crippen molar-refractivity contribution in [3.8, 4) is 0 Å². The average molecular weight is 248 g/mol. The molecule has 0 aliphatic carbocycles. The molecule has 18 heavy (non-hydrogen) atoms. The molecule has 0 atom stereocenters. The maximum atomic E-state index is 11.2. The molecule has 0 amide bonds. The largest absolute Gasteiger partial charge is 0.466 e. The van der Waals surface area contributed by atoms with Crippen molar-refractivity contribution in [3.05, 3.63) is 41.5 Å². The van der Waals surface area contributed by atoms with Gasteiger partial charge in [-0.2, -0.15) is 0 Å². The summed E-state index contributed by atoms with van der Waals surface area (Å²) >= 11 is 0. The van der Waals surface area contributed by atoms with Crippen molar-refractivity contribution in [3.63, 3.8) is 0 Å². The molecule has 3 nitrogen and oxygen atoms in total. The van der Waals surface area contributed by atoms with Crippen LogP contribution in [0, 0.1) is 0 Å². The first kappa shape index (κ1) is 14.5. The Hall–Kier alpha value is -1.61. The molecule has 0 aliphatic heterocycles. The van der Waals surface area contributed by atoms with Gasteiger partial charge in [-0.05, 0) is 30.9 Å². The summed E-state index contributed by atoms with van der Waals surface area (Å²) in [5.41, 5.74) is 2.28. The van der Waals surface area contributed by atoms with Gasteiger partial charge in [0, 0.05) is 6.61 Å². The SMILES string of the molecule is CCOC(=O)CC=Cc1ccccc1CCCO. The maximum absolute atomic E-state index is 11.2. The normalized spacial score (nSPS) is 10.8. The van der Waals surface area contributed by atoms with Crippen molar-refractivity contribution >= 4 is 12.0 Å². The van der Waals surface area contributed by atoms with Crippen molar-refractivity contribution in [2.24, 2.45) is 0 Å². The van der Waals surface area contributed by atoms with Crippen LogP contribution in [-0.4, -0.2) is 24.3 Å². The van der Waals surface area contributed by atoms with E-state index in [1.165, 1.54) is 5.56 Å². The zero-order valence-electron chi connectivity index (χ0n) is 10.8. The van der Waals surface area contributed by atoms with Gasteiger partial charge >= 0.3 is 5.97 Å². The highest BCUT2D eigenvalue weighted by Gasteiger charge is 2.00. The second-order valence-corrected chi connectivity index (χ2v) is 3.94. The summed E-state index contributed by atoms with van der Waals surface area (Å²) in [5.74, 6) is -0.207. The lowest BCUT2D eigenvalue weighted by atomic mass is 10.0. The van der Waals surface area contributed by atoms with Crippen molar-refractivity contribution in [2.45, 2.75) is 26.2 Å². The Morgan fingerprint density at radius 3 is 2.89 bits per heavy atom. The van der Waals surface area contributed by atoms with Crippen molar-refractivity contribution in [1.82, 2.24) is 0 Å². The summed E-state index contributed by atoms with van der Waals surface area (Å²) in [6, 6.07) is 8.00. The molecule has 1 aromatic carbocycles. The van der Waals surface area contributed by atoms with E-state index in [0.717, 1.165) is 18.4 Å². The van der Waals surface area contributed by atoms with E-state index in [1.54, 1.807) is 6.92 Å². The highest BCUT2D eigenvalue weighted by molar-refractivity contribution is 5.72. The maximum Gasteiger partial charge on any atom is 0.309 e. The lowest BCUT2D eigenvalue weighted by Crippen LogP contribution is -2.01. The number of esters is 1. The van der Waals surface area contributed by atoms with Gasteiger partial charge in [0.05, 0.1) is 13.0 Å². The fourth-order valence-electron chi connectivity index (χ4n) is 1.70. The number of aryl methyl sites for hydroxylation is 1. The van der Waals surface area contributed by atoms with Gasteiger partial charge in [0.15, 0.2) is 0 Å². The summed E-state index contributed by atoms with van der Waals surface area (Å²) in [4.78, 5) is 11.2. The van der Waals surface area contributed by atoms with E-state index in [2.05, 4.69) is 0 Å². The molecular formula is C15H20O3. The van der Waals surface area contributed by atoms with Crippen LogP contribution in [0.5, 0.6) is 0 Å². The summed E-state index contributed by atoms with van der Waals surface area (Å²) in [6.07, 6.45) is 5.64. The predicted octanol–water partition coefficient (Wildman–Crippen LogP) is 2.58. The lowest BCUT2D eigenvalue weighted by Gasteiger charge is -2.04. The summed E-state index contributed by atoms with van der Waals surface area (Å²) in [5, 5.41) is 8.85. The number of hydrogen-bond acceptors (Lipinski definition) is 3. The highest BCUT2D eigenvalue weighted by Crippen LogP contribution is 2.13. The summed E-state index contributed by atoms with van der Waals surface area (Å²) in [7, 11) is 0. The molecule has 1 rings (SSSR count). The fraction of sp³-hybridized carbons (Fsp3) is 0.400. The van der Waals surface area contributed by atoms with Gasteiger partial charge in [-0.3, -0.25) is 4.79 Å². The van der Waals surface area contributed by atoms with Gasteiger partial charge in [0.2, 0.25) is 0 Å². The van der Waals surface area contributed by atoms with Crippen LogP contribution in [0.3, 0.4) is 0 Å². The van der Waals surface area contributed by atoms with E-state index < -0.39 is 0 Å². The van der Waals surface area contributed by atoms with Crippen LogP contribution in [-0.2, 0) is 16.0 Å². The third-order valence-corrected chi connectivity index (χ3v) is 2.55. The molecule has 0 aromatic heterocycles. The fourth-order valence-corrected chi connectivity index (χ4v) is 1.70. The number of carbonyl (C=O) groups excluding carboxylic acids is 1.